The van der Waals surface area contributed by atoms with Gasteiger partial charge in [-0.05, 0) is 20.8 Å². The molecule has 2 aliphatic heterocycles. The summed E-state index contributed by atoms with van der Waals surface area (Å²) in [6.07, 6.45) is 0. The van der Waals surface area contributed by atoms with Crippen molar-refractivity contribution >= 4 is 35.3 Å². The Bertz CT molecular complexity index is 667. The maximum Gasteiger partial charge on any atom is 0.246 e. The fourth-order valence-electron chi connectivity index (χ4n) is 2.98. The van der Waals surface area contributed by atoms with Crippen LogP contribution in [0.1, 0.15) is 19.5 Å². The third-order valence-electron chi connectivity index (χ3n) is 4.53. The van der Waals surface area contributed by atoms with E-state index >= 15 is 0 Å². The zero-order valence-electron chi connectivity index (χ0n) is 14.8. The molecule has 0 spiro atoms. The average molecular weight is 364 g/mol. The van der Waals surface area contributed by atoms with E-state index in [9.17, 15) is 9.59 Å². The zero-order valence-corrected chi connectivity index (χ0v) is 15.6. The third kappa shape index (κ3) is 3.81. The van der Waals surface area contributed by atoms with Crippen LogP contribution in [0.2, 0.25) is 0 Å². The van der Waals surface area contributed by atoms with Gasteiger partial charge in [0, 0.05) is 43.7 Å². The van der Waals surface area contributed by atoms with Crippen LogP contribution in [0.25, 0.3) is 0 Å². The Kier molecular flexibility index (Phi) is 4.77. The van der Waals surface area contributed by atoms with Crippen LogP contribution >= 0.6 is 11.8 Å². The van der Waals surface area contributed by atoms with E-state index in [-0.39, 0.29) is 17.8 Å². The molecular weight excluding hydrogens is 340 g/mol. The van der Waals surface area contributed by atoms with Gasteiger partial charge in [-0.2, -0.15) is 4.98 Å². The number of aromatic nitrogens is 2. The van der Waals surface area contributed by atoms with Gasteiger partial charge in [0.1, 0.15) is 11.9 Å². The SMILES string of the molecule is Cc1cc(N2CCN(C(=O)[C@@H]3CSC(C)(C)C(=O)N3)CC2)nc(N)n1. The maximum absolute atomic E-state index is 12.7. The highest BCUT2D eigenvalue weighted by Crippen LogP contribution is 2.29. The molecule has 0 unspecified atom stereocenters. The molecular formula is C16H24N6O2S. The van der Waals surface area contributed by atoms with Gasteiger partial charge < -0.3 is 20.9 Å². The van der Waals surface area contributed by atoms with E-state index in [1.807, 2.05) is 31.7 Å². The average Bonchev–Trinajstić information content (AvgIpc) is 2.56. The van der Waals surface area contributed by atoms with Crippen molar-refractivity contribution in [1.82, 2.24) is 20.2 Å². The van der Waals surface area contributed by atoms with E-state index in [2.05, 4.69) is 20.2 Å². The van der Waals surface area contributed by atoms with E-state index in [4.69, 9.17) is 5.73 Å². The minimum absolute atomic E-state index is 0.00520. The van der Waals surface area contributed by atoms with Crippen molar-refractivity contribution in [2.75, 3.05) is 42.6 Å². The van der Waals surface area contributed by atoms with E-state index in [0.29, 0.717) is 31.9 Å². The first-order valence-electron chi connectivity index (χ1n) is 8.36. The molecule has 1 atom stereocenters. The van der Waals surface area contributed by atoms with Crippen molar-refractivity contribution in [3.63, 3.8) is 0 Å². The highest BCUT2D eigenvalue weighted by Gasteiger charge is 2.39. The van der Waals surface area contributed by atoms with Gasteiger partial charge in [0.15, 0.2) is 0 Å². The number of aryl methyl sites for hydroxylation is 1. The summed E-state index contributed by atoms with van der Waals surface area (Å²) in [5, 5.41) is 2.86. The first-order valence-corrected chi connectivity index (χ1v) is 9.34. The summed E-state index contributed by atoms with van der Waals surface area (Å²) in [5.74, 6) is 1.58. The molecule has 0 aromatic carbocycles. The van der Waals surface area contributed by atoms with Crippen molar-refractivity contribution in [2.24, 2.45) is 0 Å². The molecule has 25 heavy (non-hydrogen) atoms. The van der Waals surface area contributed by atoms with Gasteiger partial charge in [0.2, 0.25) is 17.8 Å². The number of thioether (sulfide) groups is 1. The number of hydrogen-bond donors (Lipinski definition) is 2. The molecule has 2 amide bonds. The Morgan fingerprint density at radius 2 is 2.00 bits per heavy atom. The quantitative estimate of drug-likeness (QED) is 0.763. The minimum Gasteiger partial charge on any atom is -0.368 e. The number of nitrogen functional groups attached to an aromatic ring is 1. The lowest BCUT2D eigenvalue weighted by atomic mass is 10.1. The van der Waals surface area contributed by atoms with Gasteiger partial charge >= 0.3 is 0 Å². The Labute approximate surface area is 151 Å². The molecule has 1 aromatic rings. The van der Waals surface area contributed by atoms with Crippen molar-refractivity contribution in [2.45, 2.75) is 31.6 Å². The molecule has 0 bridgehead atoms. The predicted molar refractivity (Wildman–Crippen MR) is 98.4 cm³/mol. The van der Waals surface area contributed by atoms with Crippen LogP contribution < -0.4 is 16.0 Å². The zero-order chi connectivity index (χ0) is 18.2. The van der Waals surface area contributed by atoms with Crippen LogP contribution in [0.5, 0.6) is 0 Å². The number of carbonyl (C=O) groups is 2. The highest BCUT2D eigenvalue weighted by molar-refractivity contribution is 8.01. The summed E-state index contributed by atoms with van der Waals surface area (Å²) in [6.45, 7) is 8.20. The van der Waals surface area contributed by atoms with Crippen LogP contribution in [0, 0.1) is 6.92 Å². The molecule has 0 radical (unpaired) electrons. The van der Waals surface area contributed by atoms with Crippen molar-refractivity contribution in [3.05, 3.63) is 11.8 Å². The number of anilines is 2. The summed E-state index contributed by atoms with van der Waals surface area (Å²) in [4.78, 5) is 37.1. The van der Waals surface area contributed by atoms with E-state index in [1.54, 1.807) is 0 Å². The van der Waals surface area contributed by atoms with Gasteiger partial charge in [-0.25, -0.2) is 4.98 Å². The first-order chi connectivity index (χ1) is 11.8. The molecule has 2 fully saturated rings. The molecule has 136 valence electrons. The second-order valence-electron chi connectivity index (χ2n) is 6.89. The second kappa shape index (κ2) is 6.70. The molecule has 2 aliphatic rings. The monoisotopic (exact) mass is 364 g/mol. The summed E-state index contributed by atoms with van der Waals surface area (Å²) in [7, 11) is 0. The third-order valence-corrected chi connectivity index (χ3v) is 5.94. The van der Waals surface area contributed by atoms with Gasteiger partial charge in [-0.3, -0.25) is 9.59 Å². The Morgan fingerprint density at radius 3 is 2.60 bits per heavy atom. The lowest BCUT2D eigenvalue weighted by molar-refractivity contribution is -0.136. The molecule has 3 N–H and O–H groups in total. The Balaban J connectivity index is 1.59. The molecule has 9 heteroatoms. The largest absolute Gasteiger partial charge is 0.368 e. The number of hydrogen-bond acceptors (Lipinski definition) is 7. The fourth-order valence-corrected chi connectivity index (χ4v) is 3.98. The topological polar surface area (TPSA) is 104 Å². The summed E-state index contributed by atoms with van der Waals surface area (Å²) in [6, 6.07) is 1.46. The first kappa shape index (κ1) is 17.8. The number of nitrogens with zero attached hydrogens (tertiary/aromatic N) is 4. The molecule has 0 aliphatic carbocycles. The summed E-state index contributed by atoms with van der Waals surface area (Å²) in [5.41, 5.74) is 6.54. The number of rotatable bonds is 2. The molecule has 3 heterocycles. The summed E-state index contributed by atoms with van der Waals surface area (Å²) < 4.78 is -0.472. The van der Waals surface area contributed by atoms with Crippen molar-refractivity contribution in [1.29, 1.82) is 0 Å². The van der Waals surface area contributed by atoms with Gasteiger partial charge in [-0.1, -0.05) is 0 Å². The van der Waals surface area contributed by atoms with Crippen LogP contribution in [0.4, 0.5) is 11.8 Å². The molecule has 3 rings (SSSR count). The number of nitrogens with two attached hydrogens (primary N) is 1. The number of piperazine rings is 1. The number of nitrogens with one attached hydrogen (secondary N) is 1. The Morgan fingerprint density at radius 1 is 1.32 bits per heavy atom. The van der Waals surface area contributed by atoms with Crippen LogP contribution in [-0.2, 0) is 9.59 Å². The predicted octanol–water partition coefficient (Wildman–Crippen LogP) is 0.0260. The van der Waals surface area contributed by atoms with E-state index in [0.717, 1.165) is 11.5 Å². The highest BCUT2D eigenvalue weighted by atomic mass is 32.2. The van der Waals surface area contributed by atoms with Gasteiger partial charge in [-0.15, -0.1) is 11.8 Å². The van der Waals surface area contributed by atoms with Crippen LogP contribution in [0.15, 0.2) is 6.07 Å². The lowest BCUT2D eigenvalue weighted by Gasteiger charge is -2.39. The van der Waals surface area contributed by atoms with E-state index < -0.39 is 10.8 Å². The van der Waals surface area contributed by atoms with E-state index in [1.165, 1.54) is 11.8 Å². The molecule has 2 saturated heterocycles. The number of amides is 2. The smallest absolute Gasteiger partial charge is 0.246 e. The van der Waals surface area contributed by atoms with Crippen molar-refractivity contribution in [3.8, 4) is 0 Å². The molecule has 1 aromatic heterocycles. The summed E-state index contributed by atoms with van der Waals surface area (Å²) >= 11 is 1.53. The Hall–Kier alpha value is -2.03. The molecule has 0 saturated carbocycles. The number of carbonyl (C=O) groups excluding carboxylic acids is 2. The molecule has 8 nitrogen and oxygen atoms in total. The van der Waals surface area contributed by atoms with Crippen LogP contribution in [-0.4, -0.2) is 69.4 Å². The normalized spacial score (nSPS) is 23.3. The van der Waals surface area contributed by atoms with Gasteiger partial charge in [0.05, 0.1) is 4.75 Å². The lowest BCUT2D eigenvalue weighted by Crippen LogP contribution is -2.60. The van der Waals surface area contributed by atoms with Crippen molar-refractivity contribution < 1.29 is 9.59 Å². The second-order valence-corrected chi connectivity index (χ2v) is 8.53. The van der Waals surface area contributed by atoms with Crippen LogP contribution in [0.3, 0.4) is 0 Å². The standard InChI is InChI=1S/C16H24N6O2S/c1-10-8-12(20-15(17)18-10)21-4-6-22(7-5-21)13(23)11-9-25-16(2,3)14(24)19-11/h8,11H,4-7,9H2,1-3H3,(H,19,24)(H2,17,18,20)/t11-/m0/s1. The fraction of sp³-hybridized carbons (Fsp3) is 0.625. The van der Waals surface area contributed by atoms with Gasteiger partial charge in [0.25, 0.3) is 0 Å². The maximum atomic E-state index is 12.7. The minimum atomic E-state index is -0.472.